The van der Waals surface area contributed by atoms with Gasteiger partial charge in [-0.3, -0.25) is 9.59 Å². The lowest BCUT2D eigenvalue weighted by atomic mass is 10.1. The van der Waals surface area contributed by atoms with Gasteiger partial charge >= 0.3 is 0 Å². The van der Waals surface area contributed by atoms with Gasteiger partial charge < -0.3 is 20.7 Å². The van der Waals surface area contributed by atoms with Gasteiger partial charge in [-0.25, -0.2) is 0 Å². The van der Waals surface area contributed by atoms with Gasteiger partial charge in [-0.1, -0.05) is 6.07 Å². The summed E-state index contributed by atoms with van der Waals surface area (Å²) >= 11 is 0. The number of carbonyl (C=O) groups excluding carboxylic acids is 2. The summed E-state index contributed by atoms with van der Waals surface area (Å²) in [4.78, 5) is 25.3. The number of nitrogens with one attached hydrogen (secondary N) is 1. The van der Waals surface area contributed by atoms with E-state index in [0.29, 0.717) is 43.1 Å². The summed E-state index contributed by atoms with van der Waals surface area (Å²) in [6.07, 6.45) is 0.316. The van der Waals surface area contributed by atoms with Crippen molar-refractivity contribution < 1.29 is 14.3 Å². The molecule has 6 heteroatoms. The Kier molecular flexibility index (Phi) is 3.89. The summed E-state index contributed by atoms with van der Waals surface area (Å²) in [6.45, 7) is 1.36. The Morgan fingerprint density at radius 2 is 2.21 bits per heavy atom. The Morgan fingerprint density at radius 1 is 1.42 bits per heavy atom. The number of hydrogen-bond acceptors (Lipinski definition) is 4. The van der Waals surface area contributed by atoms with E-state index in [2.05, 4.69) is 5.32 Å². The molecule has 3 N–H and O–H groups in total. The molecule has 19 heavy (non-hydrogen) atoms. The minimum atomic E-state index is -0.166. The number of anilines is 1. The lowest BCUT2D eigenvalue weighted by molar-refractivity contribution is -0.120. The van der Waals surface area contributed by atoms with Crippen molar-refractivity contribution in [3.05, 3.63) is 23.8 Å². The number of benzene rings is 1. The average Bonchev–Trinajstić information content (AvgIpc) is 2.62. The second-order valence-electron chi connectivity index (χ2n) is 4.32. The van der Waals surface area contributed by atoms with Crippen LogP contribution in [0.3, 0.4) is 0 Å². The first-order valence-electron chi connectivity index (χ1n) is 6.12. The maximum atomic E-state index is 12.4. The summed E-state index contributed by atoms with van der Waals surface area (Å²) < 4.78 is 5.19. The normalized spacial score (nSPS) is 15.6. The molecule has 102 valence electrons. The lowest BCUT2D eigenvalue weighted by Gasteiger charge is -2.21. The minimum absolute atomic E-state index is 0.0326. The van der Waals surface area contributed by atoms with Crippen LogP contribution in [0.25, 0.3) is 0 Å². The predicted molar refractivity (Wildman–Crippen MR) is 70.9 cm³/mol. The third-order valence-corrected chi connectivity index (χ3v) is 3.08. The van der Waals surface area contributed by atoms with E-state index in [1.165, 1.54) is 7.11 Å². The second-order valence-corrected chi connectivity index (χ2v) is 4.32. The first kappa shape index (κ1) is 13.2. The summed E-state index contributed by atoms with van der Waals surface area (Å²) in [5, 5.41) is 2.73. The number of amides is 2. The molecule has 1 saturated heterocycles. The van der Waals surface area contributed by atoms with Gasteiger partial charge in [0, 0.05) is 26.1 Å². The fourth-order valence-electron chi connectivity index (χ4n) is 2.09. The van der Waals surface area contributed by atoms with Crippen LogP contribution in [0.15, 0.2) is 18.2 Å². The summed E-state index contributed by atoms with van der Waals surface area (Å²) in [5.41, 5.74) is 6.65. The molecule has 2 amide bonds. The number of carbonyl (C=O) groups is 2. The van der Waals surface area contributed by atoms with Gasteiger partial charge in [0.1, 0.15) is 0 Å². The zero-order valence-corrected chi connectivity index (χ0v) is 10.8. The zero-order valence-electron chi connectivity index (χ0n) is 10.8. The van der Waals surface area contributed by atoms with Gasteiger partial charge in [0.2, 0.25) is 5.91 Å². The van der Waals surface area contributed by atoms with Crippen LogP contribution in [0, 0.1) is 0 Å². The molecule has 0 aliphatic carbocycles. The van der Waals surface area contributed by atoms with Crippen LogP contribution in [-0.2, 0) is 4.79 Å². The van der Waals surface area contributed by atoms with Gasteiger partial charge in [-0.05, 0) is 12.1 Å². The lowest BCUT2D eigenvalue weighted by Crippen LogP contribution is -2.34. The van der Waals surface area contributed by atoms with Crippen molar-refractivity contribution in [2.75, 3.05) is 32.5 Å². The van der Waals surface area contributed by atoms with Crippen LogP contribution in [-0.4, -0.2) is 43.5 Å². The van der Waals surface area contributed by atoms with E-state index in [0.717, 1.165) is 0 Å². The molecule has 2 rings (SSSR count). The summed E-state index contributed by atoms with van der Waals surface area (Å²) in [7, 11) is 1.48. The molecule has 0 atom stereocenters. The van der Waals surface area contributed by atoms with Crippen LogP contribution in [0.5, 0.6) is 5.75 Å². The number of hydrogen-bond donors (Lipinski definition) is 2. The molecule has 0 aromatic heterocycles. The van der Waals surface area contributed by atoms with Crippen LogP contribution >= 0.6 is 0 Å². The smallest absolute Gasteiger partial charge is 0.257 e. The number of para-hydroxylation sites is 1. The second kappa shape index (κ2) is 5.60. The van der Waals surface area contributed by atoms with Crippen LogP contribution in [0.4, 0.5) is 5.69 Å². The number of rotatable bonds is 2. The van der Waals surface area contributed by atoms with E-state index in [4.69, 9.17) is 10.5 Å². The maximum absolute atomic E-state index is 12.4. The highest BCUT2D eigenvalue weighted by Gasteiger charge is 2.23. The summed E-state index contributed by atoms with van der Waals surface area (Å²) in [5.74, 6) is 0.187. The third-order valence-electron chi connectivity index (χ3n) is 3.08. The topological polar surface area (TPSA) is 84.7 Å². The molecule has 1 fully saturated rings. The van der Waals surface area contributed by atoms with Crippen LogP contribution in [0.1, 0.15) is 16.8 Å². The van der Waals surface area contributed by atoms with E-state index >= 15 is 0 Å². The van der Waals surface area contributed by atoms with Gasteiger partial charge in [0.15, 0.2) is 5.75 Å². The molecular formula is C13H17N3O3. The number of ether oxygens (including phenoxy) is 1. The molecule has 0 bridgehead atoms. The number of nitrogens with zero attached hydrogens (tertiary/aromatic N) is 1. The number of methoxy groups -OCH3 is 1. The Labute approximate surface area is 111 Å². The highest BCUT2D eigenvalue weighted by molar-refractivity contribution is 5.99. The first-order valence-corrected chi connectivity index (χ1v) is 6.12. The van der Waals surface area contributed by atoms with Gasteiger partial charge in [-0.2, -0.15) is 0 Å². The van der Waals surface area contributed by atoms with Crippen LogP contribution in [0.2, 0.25) is 0 Å². The molecule has 1 aliphatic rings. The largest absolute Gasteiger partial charge is 0.494 e. The van der Waals surface area contributed by atoms with Crippen molar-refractivity contribution in [1.29, 1.82) is 0 Å². The molecule has 6 nitrogen and oxygen atoms in total. The predicted octanol–water partition coefficient (Wildman–Crippen LogP) is 0.240. The van der Waals surface area contributed by atoms with Gasteiger partial charge in [-0.15, -0.1) is 0 Å². The molecule has 0 radical (unpaired) electrons. The highest BCUT2D eigenvalue weighted by atomic mass is 16.5. The molecule has 1 aromatic carbocycles. The highest BCUT2D eigenvalue weighted by Crippen LogP contribution is 2.27. The molecule has 0 unspecified atom stereocenters. The fraction of sp³-hybridized carbons (Fsp3) is 0.385. The SMILES string of the molecule is COc1c(N)cccc1C(=O)N1CCNC(=O)CC1. The van der Waals surface area contributed by atoms with E-state index < -0.39 is 0 Å². The van der Waals surface area contributed by atoms with Gasteiger partial charge in [0.25, 0.3) is 5.91 Å². The summed E-state index contributed by atoms with van der Waals surface area (Å²) in [6, 6.07) is 5.08. The van der Waals surface area contributed by atoms with E-state index in [1.807, 2.05) is 0 Å². The Balaban J connectivity index is 2.24. The average molecular weight is 263 g/mol. The molecule has 1 heterocycles. The van der Waals surface area contributed by atoms with Crippen molar-refractivity contribution in [2.24, 2.45) is 0 Å². The molecule has 1 aromatic rings. The van der Waals surface area contributed by atoms with Crippen LogP contribution < -0.4 is 15.8 Å². The molecule has 0 spiro atoms. The quantitative estimate of drug-likeness (QED) is 0.749. The number of nitrogen functional groups attached to an aromatic ring is 1. The maximum Gasteiger partial charge on any atom is 0.257 e. The van der Waals surface area contributed by atoms with Crippen molar-refractivity contribution in [3.8, 4) is 5.75 Å². The van der Waals surface area contributed by atoms with E-state index in [9.17, 15) is 9.59 Å². The molecule has 0 saturated carbocycles. The van der Waals surface area contributed by atoms with E-state index in [1.54, 1.807) is 23.1 Å². The van der Waals surface area contributed by atoms with Gasteiger partial charge in [0.05, 0.1) is 18.4 Å². The Bertz CT molecular complexity index is 502. The molecule has 1 aliphatic heterocycles. The van der Waals surface area contributed by atoms with E-state index in [-0.39, 0.29) is 11.8 Å². The molecular weight excluding hydrogens is 246 g/mol. The van der Waals surface area contributed by atoms with Crippen molar-refractivity contribution >= 4 is 17.5 Å². The Hall–Kier alpha value is -2.24. The standard InChI is InChI=1S/C13H17N3O3/c1-19-12-9(3-2-4-10(12)14)13(18)16-7-5-11(17)15-6-8-16/h2-4H,5-8,14H2,1H3,(H,15,17). The monoisotopic (exact) mass is 263 g/mol. The van der Waals surface area contributed by atoms with Crippen molar-refractivity contribution in [1.82, 2.24) is 10.2 Å². The minimum Gasteiger partial charge on any atom is -0.494 e. The fourth-order valence-corrected chi connectivity index (χ4v) is 2.09. The number of nitrogens with two attached hydrogens (primary N) is 1. The van der Waals surface area contributed by atoms with Crippen molar-refractivity contribution in [3.63, 3.8) is 0 Å². The first-order chi connectivity index (χ1) is 9.13. The third kappa shape index (κ3) is 2.78. The van der Waals surface area contributed by atoms with Crippen molar-refractivity contribution in [2.45, 2.75) is 6.42 Å². The zero-order chi connectivity index (χ0) is 13.8. The Morgan fingerprint density at radius 3 is 2.95 bits per heavy atom.